The normalized spacial score (nSPS) is 14.9. The van der Waals surface area contributed by atoms with Crippen molar-refractivity contribution in [2.45, 2.75) is 46.6 Å². The molecule has 0 fully saturated rings. The summed E-state index contributed by atoms with van der Waals surface area (Å²) in [6.07, 6.45) is 2.56. The Kier molecular flexibility index (Phi) is 7.92. The van der Waals surface area contributed by atoms with Crippen LogP contribution in [0.1, 0.15) is 45.8 Å². The van der Waals surface area contributed by atoms with E-state index in [1.54, 1.807) is 32.1 Å². The summed E-state index contributed by atoms with van der Waals surface area (Å²) >= 11 is 0. The van der Waals surface area contributed by atoms with Gasteiger partial charge in [0.2, 0.25) is 0 Å². The number of hydrogen-bond acceptors (Lipinski definition) is 8. The van der Waals surface area contributed by atoms with Gasteiger partial charge in [-0.05, 0) is 52.3 Å². The Balaban J connectivity index is 0.00000272. The predicted octanol–water partition coefficient (Wildman–Crippen LogP) is 0.259. The SMILES string of the molecule is CCOC(=O)Cc1c(C)c2cc3c(cc2oc1=O)N(CC)C(C)(C)C=C3OS(C)(=O)=O.[H-].[Na+]. The fourth-order valence-corrected chi connectivity index (χ4v) is 4.47. The third-order valence-electron chi connectivity index (χ3n) is 5.32. The molecule has 2 heterocycles. The number of carbonyl (C=O) groups is 1. The number of anilines is 1. The molecule has 32 heavy (non-hydrogen) atoms. The average Bonchev–Trinajstić information content (AvgIpc) is 2.63. The molecular weight excluding hydrogens is 445 g/mol. The number of fused-ring (bicyclic) bond motifs is 2. The van der Waals surface area contributed by atoms with Crippen LogP contribution in [-0.2, 0) is 30.3 Å². The zero-order valence-electron chi connectivity index (χ0n) is 20.6. The predicted molar refractivity (Wildman–Crippen MR) is 120 cm³/mol. The van der Waals surface area contributed by atoms with Crippen molar-refractivity contribution in [1.29, 1.82) is 0 Å². The van der Waals surface area contributed by atoms with Gasteiger partial charge in [0.25, 0.3) is 0 Å². The molecule has 0 spiro atoms. The van der Waals surface area contributed by atoms with Gasteiger partial charge in [0, 0.05) is 23.6 Å². The first-order chi connectivity index (χ1) is 14.4. The van der Waals surface area contributed by atoms with Crippen molar-refractivity contribution < 1.29 is 57.5 Å². The molecule has 0 saturated heterocycles. The first-order valence-corrected chi connectivity index (χ1v) is 11.9. The Labute approximate surface area is 211 Å². The summed E-state index contributed by atoms with van der Waals surface area (Å²) in [5, 5.41) is 0.594. The van der Waals surface area contributed by atoms with Gasteiger partial charge in [0.15, 0.2) is 0 Å². The van der Waals surface area contributed by atoms with Crippen molar-refractivity contribution in [2.24, 2.45) is 0 Å². The zero-order valence-corrected chi connectivity index (χ0v) is 22.4. The van der Waals surface area contributed by atoms with Crippen molar-refractivity contribution >= 4 is 38.5 Å². The van der Waals surface area contributed by atoms with E-state index in [-0.39, 0.29) is 55.3 Å². The first-order valence-electron chi connectivity index (χ1n) is 10.0. The number of rotatable bonds is 6. The van der Waals surface area contributed by atoms with Crippen LogP contribution < -0.4 is 40.1 Å². The van der Waals surface area contributed by atoms with Crippen LogP contribution in [0.4, 0.5) is 5.69 Å². The van der Waals surface area contributed by atoms with Gasteiger partial charge in [-0.25, -0.2) is 4.79 Å². The largest absolute Gasteiger partial charge is 1.00 e. The van der Waals surface area contributed by atoms with E-state index in [1.807, 2.05) is 20.8 Å². The molecule has 1 aromatic heterocycles. The smallest absolute Gasteiger partial charge is 1.00 e. The summed E-state index contributed by atoms with van der Waals surface area (Å²) in [5.41, 5.74) is 1.27. The number of ether oxygens (including phenoxy) is 1. The van der Waals surface area contributed by atoms with Gasteiger partial charge in [0.1, 0.15) is 11.3 Å². The monoisotopic (exact) mass is 473 g/mol. The Morgan fingerprint density at radius 3 is 2.47 bits per heavy atom. The van der Waals surface area contributed by atoms with Crippen molar-refractivity contribution in [3.05, 3.63) is 45.3 Å². The number of esters is 1. The fourth-order valence-electron chi connectivity index (χ4n) is 4.00. The van der Waals surface area contributed by atoms with Crippen molar-refractivity contribution in [2.75, 3.05) is 24.3 Å². The maximum atomic E-state index is 12.6. The van der Waals surface area contributed by atoms with E-state index in [1.165, 1.54) is 0 Å². The van der Waals surface area contributed by atoms with Crippen LogP contribution in [0.2, 0.25) is 0 Å². The average molecular weight is 474 g/mol. The van der Waals surface area contributed by atoms with E-state index in [9.17, 15) is 18.0 Å². The summed E-state index contributed by atoms with van der Waals surface area (Å²) in [7, 11) is -3.76. The molecule has 0 N–H and O–H groups in total. The van der Waals surface area contributed by atoms with Crippen LogP contribution >= 0.6 is 0 Å². The van der Waals surface area contributed by atoms with Gasteiger partial charge in [-0.1, -0.05) is 0 Å². The third kappa shape index (κ3) is 5.22. The van der Waals surface area contributed by atoms with E-state index < -0.39 is 27.3 Å². The minimum Gasteiger partial charge on any atom is -1.00 e. The van der Waals surface area contributed by atoms with Crippen LogP contribution in [0.25, 0.3) is 16.7 Å². The summed E-state index contributed by atoms with van der Waals surface area (Å²) < 4.78 is 39.6. The second-order valence-electron chi connectivity index (χ2n) is 8.03. The number of benzene rings is 1. The van der Waals surface area contributed by atoms with Crippen molar-refractivity contribution in [3.8, 4) is 0 Å². The quantitative estimate of drug-likeness (QED) is 0.255. The summed E-state index contributed by atoms with van der Waals surface area (Å²) in [6.45, 7) is 10.1. The molecule has 1 aromatic carbocycles. The standard InChI is InChI=1S/C22H27NO7S.Na.H/c1-7-23-17-11-18-14(13(3)15(21(25)29-18)10-20(24)28-8-2)9-16(17)19(12-22(23,4)5)30-31(6,26)27;;/h9,11-12H,7-8,10H2,1-6H3;;/q;+1;-1. The molecule has 170 valence electrons. The second-order valence-corrected chi connectivity index (χ2v) is 9.61. The number of carbonyl (C=O) groups excluding carboxylic acids is 1. The maximum absolute atomic E-state index is 12.6. The Morgan fingerprint density at radius 2 is 1.91 bits per heavy atom. The van der Waals surface area contributed by atoms with Gasteiger partial charge in [-0.3, -0.25) is 4.79 Å². The minimum absolute atomic E-state index is 0. The topological polar surface area (TPSA) is 103 Å². The maximum Gasteiger partial charge on any atom is 1.00 e. The van der Waals surface area contributed by atoms with E-state index in [0.717, 1.165) is 6.26 Å². The summed E-state index contributed by atoms with van der Waals surface area (Å²) in [5.74, 6) is -0.304. The molecule has 0 saturated carbocycles. The van der Waals surface area contributed by atoms with Gasteiger partial charge in [-0.2, -0.15) is 8.42 Å². The molecule has 1 aliphatic heterocycles. The number of hydrogen-bond donors (Lipinski definition) is 0. The van der Waals surface area contributed by atoms with Crippen LogP contribution in [-0.4, -0.2) is 39.3 Å². The molecule has 0 bridgehead atoms. The van der Waals surface area contributed by atoms with Gasteiger partial charge >= 0.3 is 51.3 Å². The zero-order chi connectivity index (χ0) is 23.1. The Hall–Kier alpha value is -1.81. The minimum atomic E-state index is -3.76. The number of nitrogens with zero attached hydrogens (tertiary/aromatic N) is 1. The molecule has 3 rings (SSSR count). The van der Waals surface area contributed by atoms with E-state index in [0.29, 0.717) is 34.3 Å². The Bertz CT molecular complexity index is 1250. The molecule has 1 aliphatic rings. The van der Waals surface area contributed by atoms with Gasteiger partial charge in [-0.15, -0.1) is 0 Å². The molecule has 0 radical (unpaired) electrons. The molecule has 0 aliphatic carbocycles. The molecule has 10 heteroatoms. The molecule has 2 aromatic rings. The third-order valence-corrected chi connectivity index (χ3v) is 5.81. The first kappa shape index (κ1) is 26.4. The van der Waals surface area contributed by atoms with Crippen LogP contribution in [0.15, 0.2) is 27.4 Å². The van der Waals surface area contributed by atoms with Crippen LogP contribution in [0, 0.1) is 6.92 Å². The van der Waals surface area contributed by atoms with Gasteiger partial charge < -0.3 is 19.7 Å². The second kappa shape index (κ2) is 9.59. The Morgan fingerprint density at radius 1 is 1.25 bits per heavy atom. The van der Waals surface area contributed by atoms with Gasteiger partial charge in [0.05, 0.1) is 36.1 Å². The van der Waals surface area contributed by atoms with Crippen LogP contribution in [0.3, 0.4) is 0 Å². The molecule has 0 unspecified atom stereocenters. The molecule has 0 atom stereocenters. The van der Waals surface area contributed by atoms with E-state index in [4.69, 9.17) is 13.3 Å². The molecule has 0 amide bonds. The van der Waals surface area contributed by atoms with Crippen molar-refractivity contribution in [1.82, 2.24) is 0 Å². The summed E-state index contributed by atoms with van der Waals surface area (Å²) in [4.78, 5) is 26.6. The van der Waals surface area contributed by atoms with E-state index >= 15 is 0 Å². The summed E-state index contributed by atoms with van der Waals surface area (Å²) in [6, 6.07) is 3.46. The molecular formula is C22H28NNaO7S. The fraction of sp³-hybridized carbons (Fsp3) is 0.455. The van der Waals surface area contributed by atoms with Crippen molar-refractivity contribution in [3.63, 3.8) is 0 Å². The number of likely N-dealkylation sites (N-methyl/N-ethyl adjacent to an activating group) is 1. The van der Waals surface area contributed by atoms with Crippen LogP contribution in [0.5, 0.6) is 0 Å². The molecule has 8 nitrogen and oxygen atoms in total. The van der Waals surface area contributed by atoms with E-state index in [2.05, 4.69) is 4.90 Å². The number of aryl methyl sites for hydroxylation is 1.